The van der Waals surface area contributed by atoms with E-state index in [0.29, 0.717) is 0 Å². The maximum Gasteiger partial charge on any atom is 0.186 e. The monoisotopic (exact) mass is 356 g/mol. The number of rotatable bonds is 6. The molecule has 0 aromatic carbocycles. The Hall–Kier alpha value is -0.440. The molecule has 8 N–H and O–H groups in total. The summed E-state index contributed by atoms with van der Waals surface area (Å²) in [6.45, 7) is -2.56. The molecule has 2 heterocycles. The minimum Gasteiger partial charge on any atom is -0.394 e. The van der Waals surface area contributed by atoms with Crippen LogP contribution < -0.4 is 0 Å². The zero-order valence-corrected chi connectivity index (χ0v) is 12.7. The molecule has 2 saturated heterocycles. The highest BCUT2D eigenvalue weighted by Crippen LogP contribution is 2.32. The fourth-order valence-electron chi connectivity index (χ4n) is 2.82. The Kier molecular flexibility index (Phi) is 6.50. The molecular formula is C13H24O11. The van der Waals surface area contributed by atoms with Crippen LogP contribution in [0.1, 0.15) is 0 Å². The average molecular weight is 356 g/mol. The molecule has 0 aromatic rings. The summed E-state index contributed by atoms with van der Waals surface area (Å²) in [6, 6.07) is 0. The second-order valence-corrected chi connectivity index (χ2v) is 6.01. The van der Waals surface area contributed by atoms with E-state index in [1.807, 2.05) is 0 Å². The third-order valence-corrected chi connectivity index (χ3v) is 4.42. The van der Waals surface area contributed by atoms with Crippen molar-refractivity contribution in [3.05, 3.63) is 0 Å². The molecule has 11 nitrogen and oxygen atoms in total. The van der Waals surface area contributed by atoms with Crippen LogP contribution in [0.2, 0.25) is 0 Å². The van der Waals surface area contributed by atoms with Crippen molar-refractivity contribution in [2.75, 3.05) is 26.4 Å². The minimum atomic E-state index is -1.77. The maximum atomic E-state index is 10.0. The molecule has 0 spiro atoms. The zero-order chi connectivity index (χ0) is 18.1. The molecule has 2 aliphatic heterocycles. The summed E-state index contributed by atoms with van der Waals surface area (Å²) >= 11 is 0. The van der Waals surface area contributed by atoms with E-state index in [2.05, 4.69) is 0 Å². The Morgan fingerprint density at radius 1 is 0.792 bits per heavy atom. The second kappa shape index (κ2) is 7.85. The molecular weight excluding hydrogens is 332 g/mol. The van der Waals surface area contributed by atoms with Gasteiger partial charge in [0.2, 0.25) is 0 Å². The second-order valence-electron chi connectivity index (χ2n) is 6.01. The van der Waals surface area contributed by atoms with Gasteiger partial charge >= 0.3 is 0 Å². The van der Waals surface area contributed by atoms with Gasteiger partial charge in [0.15, 0.2) is 6.29 Å². The van der Waals surface area contributed by atoms with Crippen molar-refractivity contribution in [2.45, 2.75) is 54.6 Å². The molecule has 0 unspecified atom stereocenters. The van der Waals surface area contributed by atoms with Crippen LogP contribution in [0, 0.1) is 0 Å². The van der Waals surface area contributed by atoms with Crippen LogP contribution in [0.15, 0.2) is 0 Å². The maximum absolute atomic E-state index is 10.0. The standard InChI is InChI=1S/C13H24O11/c14-1-5-7(17)9(19)10(20)12(23-5)22-4-13(3-16)11(21)8(18)6(2-15)24-13/h5-12,14-21H,1-4H2/t5-,6-,7-,8-,9+,10-,11+,12+,13+/m1/s1. The minimum absolute atomic E-state index is 0.555. The molecule has 24 heavy (non-hydrogen) atoms. The molecule has 0 aliphatic carbocycles. The number of hydrogen-bond donors (Lipinski definition) is 8. The molecule has 0 amide bonds. The Bertz CT molecular complexity index is 407. The first-order chi connectivity index (χ1) is 11.3. The smallest absolute Gasteiger partial charge is 0.186 e. The van der Waals surface area contributed by atoms with E-state index < -0.39 is 81.0 Å². The number of hydrogen-bond acceptors (Lipinski definition) is 11. The molecule has 2 aliphatic rings. The van der Waals surface area contributed by atoms with Gasteiger partial charge in [-0.15, -0.1) is 0 Å². The number of aliphatic hydroxyl groups is 8. The van der Waals surface area contributed by atoms with Crippen LogP contribution >= 0.6 is 0 Å². The normalized spacial score (nSPS) is 49.5. The summed E-state index contributed by atoms with van der Waals surface area (Å²) in [6.07, 6.45) is -11.7. The molecule has 0 radical (unpaired) electrons. The lowest BCUT2D eigenvalue weighted by Gasteiger charge is -2.41. The molecule has 11 heteroatoms. The SMILES string of the molecule is OC[C@H]1O[C@@](CO)(CO[C@H]2O[C@H](CO)[C@@H](O)[C@H](O)[C@H]2O)[C@@H](O)[C@@H]1O. The van der Waals surface area contributed by atoms with Gasteiger partial charge in [-0.3, -0.25) is 0 Å². The fourth-order valence-corrected chi connectivity index (χ4v) is 2.82. The van der Waals surface area contributed by atoms with Gasteiger partial charge in [-0.05, 0) is 0 Å². The van der Waals surface area contributed by atoms with Crippen molar-refractivity contribution in [1.29, 1.82) is 0 Å². The molecule has 2 rings (SSSR count). The first kappa shape index (κ1) is 19.9. The lowest BCUT2D eigenvalue weighted by Crippen LogP contribution is -2.60. The Morgan fingerprint density at radius 3 is 1.92 bits per heavy atom. The molecule has 0 bridgehead atoms. The van der Waals surface area contributed by atoms with Gasteiger partial charge in [-0.25, -0.2) is 0 Å². The topological polar surface area (TPSA) is 190 Å². The Balaban J connectivity index is 2.05. The lowest BCUT2D eigenvalue weighted by atomic mass is 9.96. The summed E-state index contributed by atoms with van der Waals surface area (Å²) in [5, 5.41) is 76.8. The molecule has 0 aromatic heterocycles. The summed E-state index contributed by atoms with van der Waals surface area (Å²) in [5.74, 6) is 0. The summed E-state index contributed by atoms with van der Waals surface area (Å²) in [5.41, 5.74) is -1.77. The van der Waals surface area contributed by atoms with Gasteiger partial charge in [0, 0.05) is 0 Å². The van der Waals surface area contributed by atoms with Crippen molar-refractivity contribution in [2.24, 2.45) is 0 Å². The first-order valence-corrected chi connectivity index (χ1v) is 7.49. The van der Waals surface area contributed by atoms with E-state index in [1.165, 1.54) is 0 Å². The quantitative estimate of drug-likeness (QED) is 0.227. The molecule has 142 valence electrons. The van der Waals surface area contributed by atoms with Gasteiger partial charge < -0.3 is 55.1 Å². The molecule has 2 fully saturated rings. The zero-order valence-electron chi connectivity index (χ0n) is 12.7. The van der Waals surface area contributed by atoms with Gasteiger partial charge in [-0.2, -0.15) is 0 Å². The first-order valence-electron chi connectivity index (χ1n) is 7.49. The lowest BCUT2D eigenvalue weighted by molar-refractivity contribution is -0.313. The highest BCUT2D eigenvalue weighted by Gasteiger charge is 2.55. The van der Waals surface area contributed by atoms with Gasteiger partial charge in [0.25, 0.3) is 0 Å². The Labute approximate surface area is 137 Å². The highest BCUT2D eigenvalue weighted by atomic mass is 16.7. The Morgan fingerprint density at radius 2 is 1.42 bits per heavy atom. The summed E-state index contributed by atoms with van der Waals surface area (Å²) < 4.78 is 15.7. The van der Waals surface area contributed by atoms with E-state index >= 15 is 0 Å². The van der Waals surface area contributed by atoms with E-state index in [4.69, 9.17) is 24.4 Å². The van der Waals surface area contributed by atoms with E-state index in [1.54, 1.807) is 0 Å². The highest BCUT2D eigenvalue weighted by molar-refractivity contribution is 5.02. The fraction of sp³-hybridized carbons (Fsp3) is 1.00. The summed E-state index contributed by atoms with van der Waals surface area (Å²) in [4.78, 5) is 0. The number of ether oxygens (including phenoxy) is 3. The third-order valence-electron chi connectivity index (χ3n) is 4.42. The van der Waals surface area contributed by atoms with Crippen molar-refractivity contribution >= 4 is 0 Å². The van der Waals surface area contributed by atoms with Crippen LogP contribution in [-0.2, 0) is 14.2 Å². The van der Waals surface area contributed by atoms with Gasteiger partial charge in [0.05, 0.1) is 26.4 Å². The van der Waals surface area contributed by atoms with Crippen molar-refractivity contribution in [3.8, 4) is 0 Å². The van der Waals surface area contributed by atoms with E-state index in [0.717, 1.165) is 0 Å². The van der Waals surface area contributed by atoms with Crippen molar-refractivity contribution < 1.29 is 55.1 Å². The van der Waals surface area contributed by atoms with Crippen LogP contribution in [0.25, 0.3) is 0 Å². The van der Waals surface area contributed by atoms with E-state index in [-0.39, 0.29) is 0 Å². The number of aliphatic hydroxyl groups excluding tert-OH is 8. The third kappa shape index (κ3) is 3.43. The largest absolute Gasteiger partial charge is 0.394 e. The van der Waals surface area contributed by atoms with Crippen LogP contribution in [0.5, 0.6) is 0 Å². The van der Waals surface area contributed by atoms with Gasteiger partial charge in [0.1, 0.15) is 48.3 Å². The van der Waals surface area contributed by atoms with Crippen molar-refractivity contribution in [1.82, 2.24) is 0 Å². The van der Waals surface area contributed by atoms with Crippen LogP contribution in [-0.4, -0.2) is 122 Å². The molecule has 0 saturated carbocycles. The van der Waals surface area contributed by atoms with E-state index in [9.17, 15) is 30.6 Å². The van der Waals surface area contributed by atoms with Crippen LogP contribution in [0.4, 0.5) is 0 Å². The van der Waals surface area contributed by atoms with Gasteiger partial charge in [-0.1, -0.05) is 0 Å². The summed E-state index contributed by atoms with van der Waals surface area (Å²) in [7, 11) is 0. The van der Waals surface area contributed by atoms with Crippen molar-refractivity contribution in [3.63, 3.8) is 0 Å². The average Bonchev–Trinajstić information content (AvgIpc) is 2.84. The van der Waals surface area contributed by atoms with Crippen LogP contribution in [0.3, 0.4) is 0 Å². The predicted molar refractivity (Wildman–Crippen MR) is 73.5 cm³/mol. The molecule has 9 atom stereocenters. The predicted octanol–water partition coefficient (Wildman–Crippen LogP) is -5.35.